The van der Waals surface area contributed by atoms with Gasteiger partial charge in [-0.3, -0.25) is 0 Å². The van der Waals surface area contributed by atoms with E-state index >= 15 is 0 Å². The van der Waals surface area contributed by atoms with Gasteiger partial charge < -0.3 is 15.3 Å². The van der Waals surface area contributed by atoms with Gasteiger partial charge in [0.25, 0.3) is 0 Å². The molecule has 1 saturated heterocycles. The van der Waals surface area contributed by atoms with Crippen LogP contribution < -0.4 is 5.32 Å². The molecular formula is C16H28N2O3. The zero-order chi connectivity index (χ0) is 15.5. The molecule has 1 aliphatic heterocycles. The summed E-state index contributed by atoms with van der Waals surface area (Å²) in [5.41, 5.74) is -1.06. The lowest BCUT2D eigenvalue weighted by Gasteiger charge is -2.41. The van der Waals surface area contributed by atoms with E-state index in [1.807, 2.05) is 4.90 Å². The monoisotopic (exact) mass is 296 g/mol. The molecule has 5 nitrogen and oxygen atoms in total. The van der Waals surface area contributed by atoms with Crippen molar-refractivity contribution in [1.29, 1.82) is 0 Å². The number of carboxylic acid groups (broad SMARTS) is 1. The number of carboxylic acids is 1. The largest absolute Gasteiger partial charge is 0.480 e. The van der Waals surface area contributed by atoms with Crippen LogP contribution in [-0.2, 0) is 4.79 Å². The third-order valence-corrected chi connectivity index (χ3v) is 5.24. The maximum absolute atomic E-state index is 12.6. The smallest absolute Gasteiger partial charge is 0.329 e. The first-order chi connectivity index (χ1) is 9.98. The number of likely N-dealkylation sites (tertiary alicyclic amines) is 1. The average molecular weight is 296 g/mol. The van der Waals surface area contributed by atoms with Crippen LogP contribution in [-0.4, -0.2) is 40.1 Å². The number of hydrogen-bond donors (Lipinski definition) is 2. The first kappa shape index (κ1) is 16.1. The minimum absolute atomic E-state index is 0.182. The number of carbonyl (C=O) groups is 2. The maximum Gasteiger partial charge on any atom is 0.329 e. The summed E-state index contributed by atoms with van der Waals surface area (Å²) in [5.74, 6) is -0.333. The third-order valence-electron chi connectivity index (χ3n) is 5.24. The predicted octanol–water partition coefficient (Wildman–Crippen LogP) is 2.99. The summed E-state index contributed by atoms with van der Waals surface area (Å²) in [6, 6.07) is 0.0746. The molecule has 0 bridgehead atoms. The van der Waals surface area contributed by atoms with Crippen LogP contribution in [0.2, 0.25) is 0 Å². The normalized spacial score (nSPS) is 33.5. The van der Waals surface area contributed by atoms with E-state index in [2.05, 4.69) is 19.2 Å². The molecule has 120 valence electrons. The molecule has 1 unspecified atom stereocenters. The second-order valence-corrected chi connectivity index (χ2v) is 6.75. The lowest BCUT2D eigenvalue weighted by molar-refractivity contribution is -0.146. The van der Waals surface area contributed by atoms with Gasteiger partial charge in [-0.05, 0) is 57.3 Å². The number of aliphatic carboxylic acids is 1. The van der Waals surface area contributed by atoms with Gasteiger partial charge >= 0.3 is 12.0 Å². The van der Waals surface area contributed by atoms with Gasteiger partial charge in [0.2, 0.25) is 0 Å². The molecule has 2 aliphatic rings. The van der Waals surface area contributed by atoms with Crippen molar-refractivity contribution in [1.82, 2.24) is 10.2 Å². The van der Waals surface area contributed by atoms with Gasteiger partial charge in [0, 0.05) is 12.6 Å². The lowest BCUT2D eigenvalue weighted by Crippen LogP contribution is -2.61. The molecule has 5 heteroatoms. The van der Waals surface area contributed by atoms with Gasteiger partial charge in [-0.2, -0.15) is 0 Å². The van der Waals surface area contributed by atoms with Crippen LogP contribution in [0.5, 0.6) is 0 Å². The number of amides is 2. The van der Waals surface area contributed by atoms with Crippen LogP contribution in [0.25, 0.3) is 0 Å². The fourth-order valence-electron chi connectivity index (χ4n) is 3.62. The van der Waals surface area contributed by atoms with Crippen LogP contribution in [0.1, 0.15) is 65.2 Å². The third kappa shape index (κ3) is 3.50. The van der Waals surface area contributed by atoms with E-state index in [1.54, 1.807) is 0 Å². The molecule has 0 aromatic carbocycles. The van der Waals surface area contributed by atoms with Gasteiger partial charge in [-0.15, -0.1) is 0 Å². The van der Waals surface area contributed by atoms with Gasteiger partial charge in [0.05, 0.1) is 0 Å². The van der Waals surface area contributed by atoms with Crippen LogP contribution in [0.3, 0.4) is 0 Å². The molecule has 0 aromatic heterocycles. The molecule has 2 rings (SSSR count). The summed E-state index contributed by atoms with van der Waals surface area (Å²) in [6.07, 6.45) is 6.95. The second-order valence-electron chi connectivity index (χ2n) is 6.75. The Bertz CT molecular complexity index is 389. The molecule has 1 heterocycles. The van der Waals surface area contributed by atoms with Crippen molar-refractivity contribution >= 4 is 12.0 Å². The second kappa shape index (κ2) is 6.67. The Morgan fingerprint density at radius 2 is 1.90 bits per heavy atom. The summed E-state index contributed by atoms with van der Waals surface area (Å²) in [4.78, 5) is 26.2. The fraction of sp³-hybridized carbons (Fsp3) is 0.875. The van der Waals surface area contributed by atoms with Crippen LogP contribution in [0.15, 0.2) is 0 Å². The van der Waals surface area contributed by atoms with Crippen molar-refractivity contribution in [3.05, 3.63) is 0 Å². The van der Waals surface area contributed by atoms with Crippen LogP contribution >= 0.6 is 0 Å². The van der Waals surface area contributed by atoms with Gasteiger partial charge in [0.1, 0.15) is 5.54 Å². The van der Waals surface area contributed by atoms with Crippen molar-refractivity contribution in [3.8, 4) is 0 Å². The number of carbonyl (C=O) groups excluding carboxylic acids is 1. The predicted molar refractivity (Wildman–Crippen MR) is 81.2 cm³/mol. The summed E-state index contributed by atoms with van der Waals surface area (Å²) >= 11 is 0. The molecule has 1 aliphatic carbocycles. The SMILES string of the molecule is CCC1CCCCN1C(=O)NC1(C(=O)O)CCC(C)CC1. The molecule has 2 N–H and O–H groups in total. The Hall–Kier alpha value is -1.26. The molecule has 1 saturated carbocycles. The summed E-state index contributed by atoms with van der Waals surface area (Å²) in [7, 11) is 0. The minimum Gasteiger partial charge on any atom is -0.480 e. The minimum atomic E-state index is -1.06. The van der Waals surface area contributed by atoms with Crippen LogP contribution in [0.4, 0.5) is 4.79 Å². The fourth-order valence-corrected chi connectivity index (χ4v) is 3.62. The Balaban J connectivity index is 2.06. The maximum atomic E-state index is 12.6. The van der Waals surface area contributed by atoms with Gasteiger partial charge in [0.15, 0.2) is 0 Å². The van der Waals surface area contributed by atoms with Crippen molar-refractivity contribution in [3.63, 3.8) is 0 Å². The van der Waals surface area contributed by atoms with E-state index in [1.165, 1.54) is 0 Å². The average Bonchev–Trinajstić information content (AvgIpc) is 2.49. The first-order valence-electron chi connectivity index (χ1n) is 8.30. The highest BCUT2D eigenvalue weighted by molar-refractivity contribution is 5.86. The van der Waals surface area contributed by atoms with E-state index in [9.17, 15) is 14.7 Å². The zero-order valence-corrected chi connectivity index (χ0v) is 13.2. The molecule has 21 heavy (non-hydrogen) atoms. The highest BCUT2D eigenvalue weighted by atomic mass is 16.4. The number of nitrogens with zero attached hydrogens (tertiary/aromatic N) is 1. The number of nitrogens with one attached hydrogen (secondary N) is 1. The Morgan fingerprint density at radius 1 is 1.24 bits per heavy atom. The molecule has 0 spiro atoms. The summed E-state index contributed by atoms with van der Waals surface area (Å²) < 4.78 is 0. The molecule has 0 aromatic rings. The Kier molecular flexibility index (Phi) is 5.12. The molecule has 2 fully saturated rings. The van der Waals surface area contributed by atoms with Crippen molar-refractivity contribution in [2.45, 2.75) is 76.8 Å². The number of rotatable bonds is 3. The standard InChI is InChI=1S/C16H28N2O3/c1-3-13-6-4-5-11-18(13)15(21)17-16(14(19)20)9-7-12(2)8-10-16/h12-13H,3-11H2,1-2H3,(H,17,21)(H,19,20). The summed E-state index contributed by atoms with van der Waals surface area (Å²) in [5, 5.41) is 12.5. The molecule has 0 radical (unpaired) electrons. The van der Waals surface area contributed by atoms with Crippen molar-refractivity contribution in [2.24, 2.45) is 5.92 Å². The Morgan fingerprint density at radius 3 is 2.48 bits per heavy atom. The molecule has 2 amide bonds. The number of hydrogen-bond acceptors (Lipinski definition) is 2. The summed E-state index contributed by atoms with van der Waals surface area (Å²) in [6.45, 7) is 4.98. The van der Waals surface area contributed by atoms with E-state index < -0.39 is 11.5 Å². The first-order valence-corrected chi connectivity index (χ1v) is 8.30. The molecule has 1 atom stereocenters. The zero-order valence-electron chi connectivity index (χ0n) is 13.2. The number of piperidine rings is 1. The van der Waals surface area contributed by atoms with Crippen molar-refractivity contribution in [2.75, 3.05) is 6.54 Å². The number of urea groups is 1. The Labute approximate surface area is 127 Å². The molecular weight excluding hydrogens is 268 g/mol. The van der Waals surface area contributed by atoms with E-state index in [4.69, 9.17) is 0 Å². The highest BCUT2D eigenvalue weighted by Crippen LogP contribution is 2.32. The van der Waals surface area contributed by atoms with E-state index in [0.29, 0.717) is 18.8 Å². The van der Waals surface area contributed by atoms with Crippen molar-refractivity contribution < 1.29 is 14.7 Å². The van der Waals surface area contributed by atoms with E-state index in [-0.39, 0.29) is 12.1 Å². The van der Waals surface area contributed by atoms with E-state index in [0.717, 1.165) is 45.1 Å². The van der Waals surface area contributed by atoms with Gasteiger partial charge in [-0.25, -0.2) is 9.59 Å². The van der Waals surface area contributed by atoms with Gasteiger partial charge in [-0.1, -0.05) is 13.8 Å². The lowest BCUT2D eigenvalue weighted by atomic mass is 9.77. The quantitative estimate of drug-likeness (QED) is 0.841. The topological polar surface area (TPSA) is 69.6 Å². The van der Waals surface area contributed by atoms with Crippen LogP contribution in [0, 0.1) is 5.92 Å². The highest BCUT2D eigenvalue weighted by Gasteiger charge is 2.43.